The third kappa shape index (κ3) is 3.54. The second-order valence-electron chi connectivity index (χ2n) is 9.10. The van der Waals surface area contributed by atoms with Crippen molar-refractivity contribution in [1.82, 2.24) is 20.1 Å². The van der Waals surface area contributed by atoms with E-state index < -0.39 is 0 Å². The third-order valence-corrected chi connectivity index (χ3v) is 7.98. The van der Waals surface area contributed by atoms with Gasteiger partial charge in [-0.2, -0.15) is 0 Å². The number of methoxy groups -OCH3 is 1. The topological polar surface area (TPSA) is 69.0 Å². The van der Waals surface area contributed by atoms with Crippen LogP contribution in [0.5, 0.6) is 5.75 Å². The highest BCUT2D eigenvalue weighted by molar-refractivity contribution is 7.99. The molecule has 6 nitrogen and oxygen atoms in total. The SMILES string of the molecule is COc1ccccc1-c1nnc(SCC(=O)NC23CC4CC(CC(C4)C2)C3)n1C. The number of aromatic nitrogens is 3. The summed E-state index contributed by atoms with van der Waals surface area (Å²) in [6, 6.07) is 7.77. The van der Waals surface area contributed by atoms with Crippen LogP contribution in [0.4, 0.5) is 0 Å². The Labute approximate surface area is 175 Å². The maximum absolute atomic E-state index is 12.8. The van der Waals surface area contributed by atoms with Gasteiger partial charge in [0.1, 0.15) is 5.75 Å². The Balaban J connectivity index is 1.24. The molecule has 6 rings (SSSR count). The van der Waals surface area contributed by atoms with Gasteiger partial charge in [-0.25, -0.2) is 0 Å². The van der Waals surface area contributed by atoms with Crippen LogP contribution in [0.25, 0.3) is 11.4 Å². The average molecular weight is 413 g/mol. The molecule has 4 saturated carbocycles. The fourth-order valence-corrected chi connectivity index (χ4v) is 6.94. The van der Waals surface area contributed by atoms with Crippen LogP contribution < -0.4 is 10.1 Å². The number of carbonyl (C=O) groups is 1. The van der Waals surface area contributed by atoms with E-state index in [1.165, 1.54) is 50.3 Å². The summed E-state index contributed by atoms with van der Waals surface area (Å²) in [7, 11) is 3.58. The minimum absolute atomic E-state index is 0.0643. The Morgan fingerprint density at radius 1 is 1.17 bits per heavy atom. The summed E-state index contributed by atoms with van der Waals surface area (Å²) in [6.45, 7) is 0. The fourth-order valence-electron chi connectivity index (χ4n) is 6.23. The molecule has 0 atom stereocenters. The van der Waals surface area contributed by atoms with Crippen molar-refractivity contribution in [2.24, 2.45) is 24.8 Å². The molecule has 0 unspecified atom stereocenters. The predicted molar refractivity (Wildman–Crippen MR) is 113 cm³/mol. The molecule has 4 bridgehead atoms. The Morgan fingerprint density at radius 2 is 1.83 bits per heavy atom. The maximum atomic E-state index is 12.8. The fraction of sp³-hybridized carbons (Fsp3) is 0.591. The summed E-state index contributed by atoms with van der Waals surface area (Å²) in [5.74, 6) is 4.49. The molecule has 0 aliphatic heterocycles. The molecule has 1 amide bonds. The second-order valence-corrected chi connectivity index (χ2v) is 10.0. The van der Waals surface area contributed by atoms with Gasteiger partial charge in [0.05, 0.1) is 18.4 Å². The van der Waals surface area contributed by atoms with Crippen molar-refractivity contribution >= 4 is 17.7 Å². The number of nitrogens with zero attached hydrogens (tertiary/aromatic N) is 3. The lowest BCUT2D eigenvalue weighted by Crippen LogP contribution is -2.60. The molecule has 1 N–H and O–H groups in total. The molecular weight excluding hydrogens is 384 g/mol. The number of ether oxygens (including phenoxy) is 1. The van der Waals surface area contributed by atoms with E-state index in [1.807, 2.05) is 35.9 Å². The first-order valence-electron chi connectivity index (χ1n) is 10.5. The molecule has 4 aliphatic rings. The van der Waals surface area contributed by atoms with Crippen LogP contribution in [0.15, 0.2) is 29.4 Å². The first kappa shape index (κ1) is 19.0. The predicted octanol–water partition coefficient (Wildman–Crippen LogP) is 3.67. The molecule has 2 aromatic rings. The van der Waals surface area contributed by atoms with E-state index in [-0.39, 0.29) is 11.4 Å². The molecule has 0 radical (unpaired) electrons. The van der Waals surface area contributed by atoms with Gasteiger partial charge >= 0.3 is 0 Å². The minimum atomic E-state index is 0.0643. The average Bonchev–Trinajstić information content (AvgIpc) is 3.05. The molecule has 154 valence electrons. The normalized spacial score (nSPS) is 29.8. The number of rotatable bonds is 6. The Kier molecular flexibility index (Phi) is 4.81. The Morgan fingerprint density at radius 3 is 2.48 bits per heavy atom. The van der Waals surface area contributed by atoms with Gasteiger partial charge in [-0.15, -0.1) is 10.2 Å². The van der Waals surface area contributed by atoms with Gasteiger partial charge < -0.3 is 14.6 Å². The quantitative estimate of drug-likeness (QED) is 0.733. The summed E-state index contributed by atoms with van der Waals surface area (Å²) in [6.07, 6.45) is 7.68. The second kappa shape index (κ2) is 7.35. The summed E-state index contributed by atoms with van der Waals surface area (Å²) in [4.78, 5) is 12.8. The van der Waals surface area contributed by atoms with Crippen molar-refractivity contribution in [2.75, 3.05) is 12.9 Å². The lowest BCUT2D eigenvalue weighted by atomic mass is 9.53. The van der Waals surface area contributed by atoms with Gasteiger partial charge in [-0.1, -0.05) is 23.9 Å². The maximum Gasteiger partial charge on any atom is 0.230 e. The molecule has 7 heteroatoms. The zero-order chi connectivity index (χ0) is 20.0. The molecular formula is C22H28N4O2S. The summed E-state index contributed by atoms with van der Waals surface area (Å²) >= 11 is 1.45. The largest absolute Gasteiger partial charge is 0.496 e. The molecule has 1 heterocycles. The van der Waals surface area contributed by atoms with Crippen LogP contribution in [0.2, 0.25) is 0 Å². The van der Waals surface area contributed by atoms with Gasteiger partial charge in [0.15, 0.2) is 11.0 Å². The molecule has 4 aliphatic carbocycles. The van der Waals surface area contributed by atoms with Crippen LogP contribution in [-0.4, -0.2) is 39.1 Å². The first-order chi connectivity index (χ1) is 14.0. The van der Waals surface area contributed by atoms with Crippen LogP contribution >= 0.6 is 11.8 Å². The zero-order valence-electron chi connectivity index (χ0n) is 17.1. The van der Waals surface area contributed by atoms with E-state index in [0.29, 0.717) is 5.75 Å². The van der Waals surface area contributed by atoms with Crippen molar-refractivity contribution in [2.45, 2.75) is 49.2 Å². The van der Waals surface area contributed by atoms with Crippen molar-refractivity contribution in [3.63, 3.8) is 0 Å². The molecule has 1 aromatic heterocycles. The van der Waals surface area contributed by atoms with E-state index in [2.05, 4.69) is 15.5 Å². The van der Waals surface area contributed by atoms with Crippen LogP contribution in [0.1, 0.15) is 38.5 Å². The molecule has 1 aromatic carbocycles. The standard InChI is InChI=1S/C22H28N4O2S/c1-26-20(17-5-3-4-6-18(17)28-2)24-25-21(26)29-13-19(27)23-22-10-14-7-15(11-22)9-16(8-14)12-22/h3-6,14-16H,7-13H2,1-2H3,(H,23,27). The molecule has 4 fully saturated rings. The summed E-state index contributed by atoms with van der Waals surface area (Å²) in [5.41, 5.74) is 0.962. The van der Waals surface area contributed by atoms with E-state index in [0.717, 1.165) is 40.0 Å². The van der Waals surface area contributed by atoms with Crippen LogP contribution in [-0.2, 0) is 11.8 Å². The van der Waals surface area contributed by atoms with Gasteiger partial charge in [0.2, 0.25) is 5.91 Å². The summed E-state index contributed by atoms with van der Waals surface area (Å²) in [5, 5.41) is 12.8. The molecule has 0 spiro atoms. The first-order valence-corrected chi connectivity index (χ1v) is 11.5. The summed E-state index contributed by atoms with van der Waals surface area (Å²) < 4.78 is 7.38. The number of hydrogen-bond acceptors (Lipinski definition) is 5. The van der Waals surface area contributed by atoms with Crippen LogP contribution in [0.3, 0.4) is 0 Å². The van der Waals surface area contributed by atoms with Gasteiger partial charge in [-0.05, 0) is 68.4 Å². The molecule has 29 heavy (non-hydrogen) atoms. The van der Waals surface area contributed by atoms with E-state index >= 15 is 0 Å². The highest BCUT2D eigenvalue weighted by Gasteiger charge is 2.51. The lowest BCUT2D eigenvalue weighted by Gasteiger charge is -2.56. The zero-order valence-corrected chi connectivity index (χ0v) is 17.9. The number of nitrogens with one attached hydrogen (secondary N) is 1. The van der Waals surface area contributed by atoms with Gasteiger partial charge in [-0.3, -0.25) is 4.79 Å². The number of carbonyl (C=O) groups excluding carboxylic acids is 1. The van der Waals surface area contributed by atoms with Crippen molar-refractivity contribution in [1.29, 1.82) is 0 Å². The monoisotopic (exact) mass is 412 g/mol. The van der Waals surface area contributed by atoms with Crippen molar-refractivity contribution < 1.29 is 9.53 Å². The van der Waals surface area contributed by atoms with E-state index in [4.69, 9.17) is 4.74 Å². The number of amides is 1. The van der Waals surface area contributed by atoms with Crippen molar-refractivity contribution in [3.8, 4) is 17.1 Å². The number of para-hydroxylation sites is 1. The number of thioether (sulfide) groups is 1. The smallest absolute Gasteiger partial charge is 0.230 e. The van der Waals surface area contributed by atoms with Gasteiger partial charge in [0, 0.05) is 12.6 Å². The van der Waals surface area contributed by atoms with E-state index in [1.54, 1.807) is 7.11 Å². The number of benzene rings is 1. The number of hydrogen-bond donors (Lipinski definition) is 1. The highest BCUT2D eigenvalue weighted by Crippen LogP contribution is 2.55. The highest BCUT2D eigenvalue weighted by atomic mass is 32.2. The third-order valence-electron chi connectivity index (χ3n) is 6.96. The Bertz CT molecular complexity index is 890. The van der Waals surface area contributed by atoms with Crippen LogP contribution in [0, 0.1) is 17.8 Å². The van der Waals surface area contributed by atoms with Crippen molar-refractivity contribution in [3.05, 3.63) is 24.3 Å². The minimum Gasteiger partial charge on any atom is -0.496 e. The lowest BCUT2D eigenvalue weighted by molar-refractivity contribution is -0.124. The molecule has 0 saturated heterocycles. The van der Waals surface area contributed by atoms with E-state index in [9.17, 15) is 4.79 Å². The Hall–Kier alpha value is -2.02. The van der Waals surface area contributed by atoms with Gasteiger partial charge in [0.25, 0.3) is 0 Å².